The molecule has 0 saturated carbocycles. The van der Waals surface area contributed by atoms with Gasteiger partial charge in [-0.3, -0.25) is 4.79 Å². The van der Waals surface area contributed by atoms with Gasteiger partial charge in [0.2, 0.25) is 5.91 Å². The average Bonchev–Trinajstić information content (AvgIpc) is 3.26. The first-order valence-corrected chi connectivity index (χ1v) is 11.1. The molecule has 30 heavy (non-hydrogen) atoms. The zero-order valence-corrected chi connectivity index (χ0v) is 18.2. The Morgan fingerprint density at radius 1 is 1.03 bits per heavy atom. The largest absolute Gasteiger partial charge is 0.373 e. The van der Waals surface area contributed by atoms with Gasteiger partial charge < -0.3 is 15.1 Å². The van der Waals surface area contributed by atoms with Crippen molar-refractivity contribution in [3.8, 4) is 0 Å². The predicted octanol–water partition coefficient (Wildman–Crippen LogP) is 4.49. The Bertz CT molecular complexity index is 892. The van der Waals surface area contributed by atoms with Gasteiger partial charge >= 0.3 is 0 Å². The highest BCUT2D eigenvalue weighted by molar-refractivity contribution is 5.81. The van der Waals surface area contributed by atoms with Gasteiger partial charge in [-0.15, -0.1) is 0 Å². The van der Waals surface area contributed by atoms with Gasteiger partial charge in [-0.2, -0.15) is 0 Å². The third kappa shape index (κ3) is 5.11. The van der Waals surface area contributed by atoms with E-state index in [-0.39, 0.29) is 5.91 Å². The number of hydrogen-bond acceptors (Lipinski definition) is 3. The van der Waals surface area contributed by atoms with Crippen LogP contribution in [0.3, 0.4) is 0 Å². The second-order valence-corrected chi connectivity index (χ2v) is 8.81. The van der Waals surface area contributed by atoms with E-state index in [0.29, 0.717) is 12.5 Å². The molecule has 1 atom stereocenters. The van der Waals surface area contributed by atoms with Crippen molar-refractivity contribution < 1.29 is 4.79 Å². The maximum atomic E-state index is 12.5. The average molecular weight is 404 g/mol. The summed E-state index contributed by atoms with van der Waals surface area (Å²) in [6.07, 6.45) is 14.2. The van der Waals surface area contributed by atoms with Gasteiger partial charge in [-0.25, -0.2) is 0 Å². The lowest BCUT2D eigenvalue weighted by Gasteiger charge is -2.26. The zero-order valence-electron chi connectivity index (χ0n) is 18.2. The van der Waals surface area contributed by atoms with Gasteiger partial charge in [0.25, 0.3) is 0 Å². The second-order valence-electron chi connectivity index (χ2n) is 8.81. The van der Waals surface area contributed by atoms with E-state index in [4.69, 9.17) is 0 Å². The van der Waals surface area contributed by atoms with E-state index >= 15 is 0 Å². The van der Waals surface area contributed by atoms with Crippen LogP contribution >= 0.6 is 0 Å². The Morgan fingerprint density at radius 2 is 1.87 bits per heavy atom. The third-order valence-electron chi connectivity index (χ3n) is 6.50. The standard InChI is InChI=1S/C26H33N3O/c1-28(2)25-16-17-29(19-25)24-14-12-23(13-15-24)27-26(30)18-20-8-10-22(11-9-20)21-6-4-3-5-7-21/h3-8,10,12,14,25H,9,11,13,15-19H2,1-2H3,(H,27,30). The van der Waals surface area contributed by atoms with Crippen LogP contribution in [-0.2, 0) is 4.79 Å². The van der Waals surface area contributed by atoms with Crippen LogP contribution in [0.1, 0.15) is 44.1 Å². The van der Waals surface area contributed by atoms with Gasteiger partial charge in [0.15, 0.2) is 0 Å². The maximum absolute atomic E-state index is 12.5. The summed E-state index contributed by atoms with van der Waals surface area (Å²) in [5, 5.41) is 3.14. The van der Waals surface area contributed by atoms with Crippen LogP contribution in [-0.4, -0.2) is 48.9 Å². The number of nitrogens with zero attached hydrogens (tertiary/aromatic N) is 2. The van der Waals surface area contributed by atoms with Crippen molar-refractivity contribution in [1.29, 1.82) is 0 Å². The van der Waals surface area contributed by atoms with E-state index in [1.54, 1.807) is 0 Å². The fourth-order valence-electron chi connectivity index (χ4n) is 4.57. The Kier molecular flexibility index (Phi) is 6.53. The van der Waals surface area contributed by atoms with Crippen LogP contribution < -0.4 is 5.32 Å². The molecule has 0 bridgehead atoms. The third-order valence-corrected chi connectivity index (χ3v) is 6.50. The Hall–Kier alpha value is -2.59. The van der Waals surface area contributed by atoms with Crippen LogP contribution in [0, 0.1) is 0 Å². The van der Waals surface area contributed by atoms with Crippen molar-refractivity contribution in [3.05, 3.63) is 77.2 Å². The van der Waals surface area contributed by atoms with E-state index in [0.717, 1.165) is 44.5 Å². The van der Waals surface area contributed by atoms with Crippen LogP contribution in [0.25, 0.3) is 5.57 Å². The highest BCUT2D eigenvalue weighted by Crippen LogP contribution is 2.28. The number of rotatable bonds is 6. The van der Waals surface area contributed by atoms with Gasteiger partial charge in [0.1, 0.15) is 0 Å². The number of carbonyl (C=O) groups excluding carboxylic acids is 1. The molecular weight excluding hydrogens is 370 g/mol. The summed E-state index contributed by atoms with van der Waals surface area (Å²) in [6.45, 7) is 2.25. The molecule has 1 unspecified atom stereocenters. The summed E-state index contributed by atoms with van der Waals surface area (Å²) in [7, 11) is 4.33. The van der Waals surface area contributed by atoms with E-state index in [2.05, 4.69) is 77.8 Å². The lowest BCUT2D eigenvalue weighted by molar-refractivity contribution is -0.119. The molecule has 4 heteroatoms. The zero-order chi connectivity index (χ0) is 20.9. The molecule has 0 aromatic heterocycles. The van der Waals surface area contributed by atoms with E-state index in [1.165, 1.54) is 28.8 Å². The number of likely N-dealkylation sites (tertiary alicyclic amines) is 1. The van der Waals surface area contributed by atoms with Crippen molar-refractivity contribution in [1.82, 2.24) is 15.1 Å². The fraction of sp³-hybridized carbons (Fsp3) is 0.423. The molecule has 2 aliphatic carbocycles. The second kappa shape index (κ2) is 9.48. The normalized spacial score (nSPS) is 21.7. The first-order valence-electron chi connectivity index (χ1n) is 11.1. The summed E-state index contributed by atoms with van der Waals surface area (Å²) in [6, 6.07) is 11.1. The molecule has 1 heterocycles. The quantitative estimate of drug-likeness (QED) is 0.760. The minimum atomic E-state index is 0.106. The molecule has 1 amide bonds. The molecule has 1 fully saturated rings. The van der Waals surface area contributed by atoms with Gasteiger partial charge in [-0.05, 0) is 69.5 Å². The molecule has 1 aromatic rings. The van der Waals surface area contributed by atoms with Crippen molar-refractivity contribution >= 4 is 11.5 Å². The van der Waals surface area contributed by atoms with Crippen LogP contribution in [0.5, 0.6) is 0 Å². The predicted molar refractivity (Wildman–Crippen MR) is 124 cm³/mol. The Labute approximate surface area is 180 Å². The number of benzene rings is 1. The minimum Gasteiger partial charge on any atom is -0.373 e. The smallest absolute Gasteiger partial charge is 0.228 e. The lowest BCUT2D eigenvalue weighted by Crippen LogP contribution is -2.31. The van der Waals surface area contributed by atoms with E-state index in [1.807, 2.05) is 6.07 Å². The summed E-state index contributed by atoms with van der Waals surface area (Å²) < 4.78 is 0. The molecule has 1 aliphatic heterocycles. The maximum Gasteiger partial charge on any atom is 0.228 e. The summed E-state index contributed by atoms with van der Waals surface area (Å²) in [5.74, 6) is 0.106. The summed E-state index contributed by atoms with van der Waals surface area (Å²) in [4.78, 5) is 17.4. The van der Waals surface area contributed by atoms with Crippen molar-refractivity contribution in [2.75, 3.05) is 27.2 Å². The molecule has 4 nitrogen and oxygen atoms in total. The number of allylic oxidation sites excluding steroid dienone is 7. The van der Waals surface area contributed by atoms with Crippen molar-refractivity contribution in [3.63, 3.8) is 0 Å². The number of likely N-dealkylation sites (N-methyl/N-ethyl adjacent to an activating group) is 1. The summed E-state index contributed by atoms with van der Waals surface area (Å²) in [5.41, 5.74) is 6.30. The lowest BCUT2D eigenvalue weighted by atomic mass is 9.92. The Morgan fingerprint density at radius 3 is 2.50 bits per heavy atom. The molecule has 1 saturated heterocycles. The Balaban J connectivity index is 1.29. The number of hydrogen-bond donors (Lipinski definition) is 1. The molecule has 1 aromatic carbocycles. The SMILES string of the molecule is CN(C)C1CCN(C2=CC=C(NC(=O)CC3=CC=C(c4ccccc4)CC3)CC2)C1. The topological polar surface area (TPSA) is 35.6 Å². The highest BCUT2D eigenvalue weighted by atomic mass is 16.1. The number of nitrogens with one attached hydrogen (secondary N) is 1. The van der Waals surface area contributed by atoms with Crippen LogP contribution in [0.4, 0.5) is 0 Å². The van der Waals surface area contributed by atoms with Gasteiger partial charge in [-0.1, -0.05) is 48.1 Å². The molecule has 0 spiro atoms. The molecule has 4 rings (SSSR count). The highest BCUT2D eigenvalue weighted by Gasteiger charge is 2.26. The number of carbonyl (C=O) groups is 1. The van der Waals surface area contributed by atoms with E-state index < -0.39 is 0 Å². The van der Waals surface area contributed by atoms with Gasteiger partial charge in [0.05, 0.1) is 0 Å². The number of amides is 1. The van der Waals surface area contributed by atoms with Gasteiger partial charge in [0, 0.05) is 36.9 Å². The first-order chi connectivity index (χ1) is 14.6. The minimum absolute atomic E-state index is 0.106. The molecule has 0 radical (unpaired) electrons. The van der Waals surface area contributed by atoms with E-state index in [9.17, 15) is 4.79 Å². The molecule has 158 valence electrons. The summed E-state index contributed by atoms with van der Waals surface area (Å²) >= 11 is 0. The van der Waals surface area contributed by atoms with Crippen LogP contribution in [0.15, 0.2) is 71.6 Å². The van der Waals surface area contributed by atoms with Crippen molar-refractivity contribution in [2.45, 2.75) is 44.6 Å². The fourth-order valence-corrected chi connectivity index (χ4v) is 4.57. The van der Waals surface area contributed by atoms with Crippen LogP contribution in [0.2, 0.25) is 0 Å². The first kappa shape index (κ1) is 20.7. The molecule has 1 N–H and O–H groups in total. The van der Waals surface area contributed by atoms with Crippen molar-refractivity contribution in [2.24, 2.45) is 0 Å². The molecule has 3 aliphatic rings. The monoisotopic (exact) mass is 403 g/mol. The molecular formula is C26H33N3O.